The van der Waals surface area contributed by atoms with E-state index in [0.717, 1.165) is 38.5 Å². The lowest BCUT2D eigenvalue weighted by atomic mass is 9.83. The molecule has 46 nitrogen and oxygen atoms in total. The monoisotopic (exact) mass is 2270 g/mol. The molecule has 0 saturated carbocycles. The first-order valence-corrected chi connectivity index (χ1v) is 63.0. The standard InChI is InChI=1S/C23H29N3O12P2S.2C22H26N3O8PS.3C8H17NO2S.CH4/c1-15-9-16(2)12-26(11-15)41(33,34)17-7-8-20-21(10-17)23(25-36-14-38-40(30,31)32)19-6-4-3-5-18(19)22(20)24-35-13-37-39(27,28)29;1-14-9-15(2)12-25(11-14)35(30,31)16-7-8-19-20(10-16)21(23-26)17-5-3-4-6-18(17)22(19)24-32-13-33-34(27,28)29;1-14-9-15(2)12-25(11-14)35(30,31)16-7-8-19-20(10-16)22(24-32-13-33-34(27,28)29)18-6-4-3-5-17(18)21(19)23-26;3*1-7-4-8(2)6-9(5-7)12(3,10)11;/h3-8,10,15-16H,9,11-14H2,1-2H3,(H2,27,28,29)(H2,30,31,32);2*3-8,10,14-15,24H,9,11-13H2,1-2H3,(H2,27,28,29);3*7-8H,4-6H2,1-3H3;1H4/b24-22-,25-23+;;;;;;. The Bertz CT molecular complexity index is 6860. The minimum atomic E-state index is -4.84. The zero-order chi connectivity index (χ0) is 109. The molecular weight excluding hydrogens is 2130 g/mol. The third-order valence-electron chi connectivity index (χ3n) is 25.2. The van der Waals surface area contributed by atoms with E-state index in [-0.39, 0.29) is 86.0 Å². The Balaban J connectivity index is 0.000000210. The highest BCUT2D eigenvalue weighted by atomic mass is 32.2. The van der Waals surface area contributed by atoms with Crippen LogP contribution in [-0.2, 0) is 116 Å². The Kier molecular flexibility index (Phi) is 43.6. The van der Waals surface area contributed by atoms with E-state index >= 15 is 0 Å². The van der Waals surface area contributed by atoms with Crippen molar-refractivity contribution >= 4 is 169 Å². The van der Waals surface area contributed by atoms with E-state index in [1.165, 1.54) is 80.2 Å². The predicted molar refractivity (Wildman–Crippen MR) is 561 cm³/mol. The van der Waals surface area contributed by atoms with Crippen LogP contribution in [0.5, 0.6) is 0 Å². The predicted octanol–water partition coefficient (Wildman–Crippen LogP) is 14.7. The molecule has 8 aromatic rings. The summed E-state index contributed by atoms with van der Waals surface area (Å²) in [4.78, 5) is 115. The summed E-state index contributed by atoms with van der Waals surface area (Å²) in [6, 6.07) is 33.4. The number of nitrogens with zero attached hydrogens (tertiary/aromatic N) is 10. The highest BCUT2D eigenvalue weighted by Gasteiger charge is 2.40. The number of anilines is 2. The second-order valence-corrected chi connectivity index (χ2v) is 56.1. The summed E-state index contributed by atoms with van der Waals surface area (Å²) in [5.74, 6) is 4.27. The van der Waals surface area contributed by atoms with Crippen molar-refractivity contribution in [3.8, 4) is 0 Å². The van der Waals surface area contributed by atoms with Gasteiger partial charge in [0, 0.05) is 144 Å². The lowest BCUT2D eigenvalue weighted by Crippen LogP contribution is -2.42. The molecule has 15 rings (SSSR count). The molecule has 12 unspecified atom stereocenters. The molecule has 0 radical (unpaired) electrons. The summed E-state index contributed by atoms with van der Waals surface area (Å²) in [6.07, 6.45) is 10.1. The number of hydrogen-bond donors (Lipinski definition) is 10. The zero-order valence-electron chi connectivity index (χ0n) is 84.0. The van der Waals surface area contributed by atoms with E-state index < -0.39 is 119 Å². The number of phosphoric ester groups is 4. The first-order valence-electron chi connectivity index (χ1n) is 47.1. The quantitative estimate of drug-likeness (QED) is 0.00520. The largest absolute Gasteiger partial charge is 0.472 e. The molecule has 824 valence electrons. The average molecular weight is 2270 g/mol. The number of phosphoric acid groups is 4. The second kappa shape index (κ2) is 52.1. The van der Waals surface area contributed by atoms with E-state index in [1.807, 2.05) is 41.5 Å². The topological polar surface area (TPSA) is 636 Å². The normalized spacial score (nSPS) is 23.6. The van der Waals surface area contributed by atoms with Gasteiger partial charge in [0.1, 0.15) is 22.8 Å². The van der Waals surface area contributed by atoms with Crippen LogP contribution in [0, 0.1) is 80.8 Å². The summed E-state index contributed by atoms with van der Waals surface area (Å²) in [7, 11) is -39.6. The van der Waals surface area contributed by atoms with Gasteiger partial charge < -0.3 is 48.8 Å². The van der Waals surface area contributed by atoms with Gasteiger partial charge in [0.05, 0.1) is 44.8 Å². The van der Waals surface area contributed by atoms with Gasteiger partial charge in [-0.3, -0.25) is 20.0 Å². The van der Waals surface area contributed by atoms with Gasteiger partial charge in [-0.25, -0.2) is 100 Å². The van der Waals surface area contributed by atoms with Crippen LogP contribution in [0.3, 0.4) is 0 Å². The number of nitroso groups, excluding NO2 is 2. The number of hydrogen-bond acceptors (Lipinski definition) is 32. The SMILES string of the molecule is C.CC1CC(C)CN(S(=O)(=O)c2ccc3c(N=O)c4ccccc4c(NOCOP(=O)(O)O)c3c2)C1.CC1CC(C)CN(S(=O)(=O)c2ccc3c(NOCOP(=O)(O)O)c4ccccc4c(N=O)c3c2)C1.CC1CC(C)CN(S(=O)(=O)c2ccc3c(c2)/C(=N/OCOP(=O)(O)O)c2ccccc2/C3=N/OCOP(=O)(O)O)C1.CC1CC(C)CN(S(C)(=O)=O)C1.CC1CC(C)CN(S(C)(=O)=O)C1.CC1CC(C)CN(S(C)(=O)=O)C1. The van der Waals surface area contributed by atoms with E-state index in [2.05, 4.69) is 91.3 Å². The van der Waals surface area contributed by atoms with Gasteiger partial charge in [-0.1, -0.05) is 192 Å². The van der Waals surface area contributed by atoms with Gasteiger partial charge in [0.25, 0.3) is 0 Å². The van der Waals surface area contributed by atoms with Gasteiger partial charge in [-0.15, -0.1) is 9.81 Å². The van der Waals surface area contributed by atoms with Crippen LogP contribution in [0.15, 0.2) is 163 Å². The Labute approximate surface area is 864 Å². The zero-order valence-corrected chi connectivity index (χ0v) is 92.5. The van der Waals surface area contributed by atoms with Crippen LogP contribution in [0.25, 0.3) is 43.1 Å². The fraction of sp³-hybridized carbons (Fsp3) is 0.543. The summed E-state index contributed by atoms with van der Waals surface area (Å²) in [5.41, 5.74) is 7.79. The Morgan fingerprint density at radius 3 is 0.831 bits per heavy atom. The maximum Gasteiger partial charge on any atom is 0.472 e. The molecule has 6 aliphatic heterocycles. The van der Waals surface area contributed by atoms with E-state index in [0.29, 0.717) is 185 Å². The first-order chi connectivity index (χ1) is 68.3. The number of piperidine rings is 6. The van der Waals surface area contributed by atoms with E-state index in [9.17, 15) is 78.6 Å². The van der Waals surface area contributed by atoms with Crippen LogP contribution < -0.4 is 11.0 Å². The van der Waals surface area contributed by atoms with Crippen molar-refractivity contribution in [2.24, 2.45) is 91.7 Å². The Morgan fingerprint density at radius 2 is 0.527 bits per heavy atom. The number of sulfonamides is 6. The number of fused-ring (bicyclic) bond motifs is 6. The number of nitrogens with one attached hydrogen (secondary N) is 2. The van der Waals surface area contributed by atoms with Crippen molar-refractivity contribution in [2.75, 3.05) is 135 Å². The summed E-state index contributed by atoms with van der Waals surface area (Å²) in [5, 5.41) is 17.8. The summed E-state index contributed by atoms with van der Waals surface area (Å²) < 4.78 is 219. The minimum absolute atomic E-state index is 0. The molecule has 7 aliphatic rings. The molecule has 8 aromatic carbocycles. The molecule has 6 heterocycles. The van der Waals surface area contributed by atoms with Gasteiger partial charge in [0.2, 0.25) is 73.7 Å². The molecule has 6 saturated heterocycles. The molecule has 56 heteroatoms. The van der Waals surface area contributed by atoms with Crippen molar-refractivity contribution < 1.29 is 145 Å². The number of benzene rings is 8. The van der Waals surface area contributed by atoms with Crippen molar-refractivity contribution in [3.05, 3.63) is 159 Å². The third kappa shape index (κ3) is 34.7. The van der Waals surface area contributed by atoms with Gasteiger partial charge >= 0.3 is 31.3 Å². The molecule has 6 fully saturated rings. The fourth-order valence-electron chi connectivity index (χ4n) is 19.7. The Morgan fingerprint density at radius 1 is 0.297 bits per heavy atom. The van der Waals surface area contributed by atoms with Crippen molar-refractivity contribution in [1.29, 1.82) is 0 Å². The highest BCUT2D eigenvalue weighted by Crippen LogP contribution is 2.48. The van der Waals surface area contributed by atoms with Gasteiger partial charge in [-0.05, 0) is 156 Å². The summed E-state index contributed by atoms with van der Waals surface area (Å²) in [6.45, 7) is 28.0. The number of rotatable bonds is 29. The van der Waals surface area contributed by atoms with Crippen LogP contribution in [0.2, 0.25) is 0 Å². The van der Waals surface area contributed by atoms with Crippen LogP contribution in [0.1, 0.15) is 151 Å². The first kappa shape index (κ1) is 124. The molecule has 1 aliphatic carbocycles. The molecule has 12 atom stereocenters. The maximum atomic E-state index is 13.7. The van der Waals surface area contributed by atoms with Gasteiger partial charge in [-0.2, -0.15) is 12.9 Å². The summed E-state index contributed by atoms with van der Waals surface area (Å²) >= 11 is 0. The lowest BCUT2D eigenvalue weighted by molar-refractivity contribution is 0.000326. The van der Waals surface area contributed by atoms with Crippen LogP contribution in [0.4, 0.5) is 22.7 Å². The van der Waals surface area contributed by atoms with Gasteiger partial charge in [0.15, 0.2) is 13.6 Å². The third-order valence-corrected chi connectivity index (χ3v) is 36.1. The Hall–Kier alpha value is -7.64. The van der Waals surface area contributed by atoms with Crippen molar-refractivity contribution in [2.45, 2.75) is 144 Å². The van der Waals surface area contributed by atoms with E-state index in [4.69, 9.17) is 58.5 Å². The molecule has 0 bridgehead atoms. The van der Waals surface area contributed by atoms with Crippen LogP contribution in [-0.4, -0.2) is 251 Å². The average Bonchev–Trinajstić information content (AvgIpc) is 0.750. The maximum absolute atomic E-state index is 13.7. The van der Waals surface area contributed by atoms with Crippen LogP contribution >= 0.6 is 31.3 Å². The minimum Gasteiger partial charge on any atom is -0.366 e. The molecule has 0 spiro atoms. The smallest absolute Gasteiger partial charge is 0.366 e. The highest BCUT2D eigenvalue weighted by molar-refractivity contribution is 7.90. The fourth-order valence-corrected chi connectivity index (χ4v) is 28.7. The van der Waals surface area contributed by atoms with Crippen molar-refractivity contribution in [3.63, 3.8) is 0 Å². The lowest BCUT2D eigenvalue weighted by Gasteiger charge is -2.34. The second-order valence-electron chi connectivity index (χ2n) is 39.4. The molecular formula is C92H136N12O34P4S6. The van der Waals surface area contributed by atoms with E-state index in [1.54, 1.807) is 91.8 Å². The number of oxime groups is 2. The molecule has 0 amide bonds. The van der Waals surface area contributed by atoms with Crippen molar-refractivity contribution in [1.82, 2.24) is 25.8 Å². The molecule has 148 heavy (non-hydrogen) atoms. The molecule has 0 aromatic heterocycles. The molecule has 10 N–H and O–H groups in total.